The fourth-order valence-corrected chi connectivity index (χ4v) is 3.14. The summed E-state index contributed by atoms with van der Waals surface area (Å²) in [6.07, 6.45) is 9.05. The zero-order valence-electron chi connectivity index (χ0n) is 11.6. The molecular formula is C14H29N3. The lowest BCUT2D eigenvalue weighted by Gasteiger charge is -2.40. The molecule has 2 aliphatic heterocycles. The second-order valence-electron chi connectivity index (χ2n) is 6.04. The molecule has 0 spiro atoms. The second kappa shape index (κ2) is 6.72. The van der Waals surface area contributed by atoms with Crippen molar-refractivity contribution in [1.82, 2.24) is 15.1 Å². The first-order valence-corrected chi connectivity index (χ1v) is 7.38. The van der Waals surface area contributed by atoms with Crippen LogP contribution in [-0.2, 0) is 0 Å². The van der Waals surface area contributed by atoms with Gasteiger partial charge in [0, 0.05) is 0 Å². The molecule has 1 atom stereocenters. The molecule has 3 heteroatoms. The predicted molar refractivity (Wildman–Crippen MR) is 73.1 cm³/mol. The number of nitrogens with zero attached hydrogens (tertiary/aromatic N) is 2. The highest BCUT2D eigenvalue weighted by atomic mass is 15.3. The Morgan fingerprint density at radius 3 is 2.47 bits per heavy atom. The highest BCUT2D eigenvalue weighted by molar-refractivity contribution is 4.79. The molecule has 17 heavy (non-hydrogen) atoms. The molecule has 0 aromatic rings. The van der Waals surface area contributed by atoms with Crippen LogP contribution in [0, 0.1) is 5.92 Å². The maximum atomic E-state index is 3.67. The van der Waals surface area contributed by atoms with Gasteiger partial charge in [-0.15, -0.1) is 0 Å². The van der Waals surface area contributed by atoms with Crippen molar-refractivity contribution in [3.05, 3.63) is 0 Å². The molecule has 0 aromatic carbocycles. The Hall–Kier alpha value is -0.120. The first-order valence-electron chi connectivity index (χ1n) is 7.38. The molecule has 2 fully saturated rings. The van der Waals surface area contributed by atoms with Crippen LogP contribution in [-0.4, -0.2) is 56.2 Å². The number of rotatable bonds is 4. The molecule has 1 N–H and O–H groups in total. The third kappa shape index (κ3) is 4.23. The third-order valence-corrected chi connectivity index (χ3v) is 4.36. The van der Waals surface area contributed by atoms with Crippen LogP contribution in [0.2, 0.25) is 0 Å². The van der Waals surface area contributed by atoms with Crippen LogP contribution < -0.4 is 5.32 Å². The van der Waals surface area contributed by atoms with Gasteiger partial charge in [-0.25, -0.2) is 0 Å². The minimum absolute atomic E-state index is 0.693. The van der Waals surface area contributed by atoms with Gasteiger partial charge in [-0.3, -0.25) is 4.90 Å². The number of likely N-dealkylation sites (tertiary alicyclic amines) is 1. The Labute approximate surface area is 107 Å². The molecule has 2 saturated heterocycles. The van der Waals surface area contributed by atoms with Gasteiger partial charge in [0.15, 0.2) is 0 Å². The SMILES string of the molecule is CN(C)CCC1CCN(C2CCCCN2)CC1. The first-order chi connectivity index (χ1) is 8.25. The number of hydrogen-bond acceptors (Lipinski definition) is 3. The van der Waals surface area contributed by atoms with E-state index in [1.807, 2.05) is 0 Å². The van der Waals surface area contributed by atoms with E-state index in [4.69, 9.17) is 0 Å². The monoisotopic (exact) mass is 239 g/mol. The van der Waals surface area contributed by atoms with Crippen molar-refractivity contribution in [2.24, 2.45) is 5.92 Å². The minimum Gasteiger partial charge on any atom is -0.309 e. The topological polar surface area (TPSA) is 18.5 Å². The number of piperidine rings is 2. The summed E-state index contributed by atoms with van der Waals surface area (Å²) >= 11 is 0. The predicted octanol–water partition coefficient (Wildman–Crippen LogP) is 1.75. The molecular weight excluding hydrogens is 210 g/mol. The minimum atomic E-state index is 0.693. The van der Waals surface area contributed by atoms with E-state index in [1.165, 1.54) is 64.7 Å². The van der Waals surface area contributed by atoms with E-state index in [2.05, 4.69) is 29.2 Å². The Morgan fingerprint density at radius 2 is 1.88 bits per heavy atom. The van der Waals surface area contributed by atoms with Gasteiger partial charge in [-0.1, -0.05) is 0 Å². The van der Waals surface area contributed by atoms with Crippen molar-refractivity contribution in [3.63, 3.8) is 0 Å². The summed E-state index contributed by atoms with van der Waals surface area (Å²) in [5.41, 5.74) is 0. The van der Waals surface area contributed by atoms with Crippen molar-refractivity contribution < 1.29 is 0 Å². The molecule has 2 rings (SSSR count). The second-order valence-corrected chi connectivity index (χ2v) is 6.04. The van der Waals surface area contributed by atoms with Crippen LogP contribution >= 0.6 is 0 Å². The van der Waals surface area contributed by atoms with E-state index >= 15 is 0 Å². The van der Waals surface area contributed by atoms with E-state index < -0.39 is 0 Å². The molecule has 1 unspecified atom stereocenters. The Kier molecular flexibility index (Phi) is 5.26. The molecule has 2 aliphatic rings. The molecule has 0 amide bonds. The van der Waals surface area contributed by atoms with E-state index in [9.17, 15) is 0 Å². The average Bonchev–Trinajstić information content (AvgIpc) is 2.38. The summed E-state index contributed by atoms with van der Waals surface area (Å²) in [7, 11) is 4.36. The van der Waals surface area contributed by atoms with Gasteiger partial charge < -0.3 is 10.2 Å². The smallest absolute Gasteiger partial charge is 0.0597 e. The fraction of sp³-hybridized carbons (Fsp3) is 1.00. The molecule has 0 bridgehead atoms. The Bertz CT molecular complexity index is 204. The summed E-state index contributed by atoms with van der Waals surface area (Å²) < 4.78 is 0. The number of nitrogens with one attached hydrogen (secondary N) is 1. The van der Waals surface area contributed by atoms with E-state index in [0.717, 1.165) is 5.92 Å². The Morgan fingerprint density at radius 1 is 1.12 bits per heavy atom. The van der Waals surface area contributed by atoms with Crippen LogP contribution in [0.5, 0.6) is 0 Å². The van der Waals surface area contributed by atoms with Gasteiger partial charge >= 0.3 is 0 Å². The summed E-state index contributed by atoms with van der Waals surface area (Å²) in [5, 5.41) is 3.67. The molecule has 0 aromatic heterocycles. The van der Waals surface area contributed by atoms with Crippen molar-refractivity contribution >= 4 is 0 Å². The molecule has 0 saturated carbocycles. The fourth-order valence-electron chi connectivity index (χ4n) is 3.14. The largest absolute Gasteiger partial charge is 0.309 e. The van der Waals surface area contributed by atoms with Gasteiger partial charge in [-0.05, 0) is 84.7 Å². The molecule has 2 heterocycles. The summed E-state index contributed by atoms with van der Waals surface area (Å²) in [4.78, 5) is 5.00. The molecule has 100 valence electrons. The van der Waals surface area contributed by atoms with Gasteiger partial charge in [0.2, 0.25) is 0 Å². The zero-order chi connectivity index (χ0) is 12.1. The quantitative estimate of drug-likeness (QED) is 0.806. The van der Waals surface area contributed by atoms with Crippen LogP contribution in [0.25, 0.3) is 0 Å². The zero-order valence-corrected chi connectivity index (χ0v) is 11.6. The van der Waals surface area contributed by atoms with E-state index in [-0.39, 0.29) is 0 Å². The maximum absolute atomic E-state index is 3.67. The van der Waals surface area contributed by atoms with Crippen molar-refractivity contribution in [2.75, 3.05) is 40.3 Å². The van der Waals surface area contributed by atoms with Gasteiger partial charge in [0.25, 0.3) is 0 Å². The highest BCUT2D eigenvalue weighted by Crippen LogP contribution is 2.23. The van der Waals surface area contributed by atoms with Gasteiger partial charge in [-0.2, -0.15) is 0 Å². The average molecular weight is 239 g/mol. The summed E-state index contributed by atoms with van der Waals surface area (Å²) in [5.74, 6) is 0.970. The van der Waals surface area contributed by atoms with Crippen LogP contribution in [0.15, 0.2) is 0 Å². The maximum Gasteiger partial charge on any atom is 0.0597 e. The lowest BCUT2D eigenvalue weighted by atomic mass is 9.92. The standard InChI is InChI=1S/C14H29N3/c1-16(2)10-6-13-7-11-17(12-8-13)14-5-3-4-9-15-14/h13-15H,3-12H2,1-2H3. The van der Waals surface area contributed by atoms with E-state index in [0.29, 0.717) is 6.17 Å². The molecule has 0 aliphatic carbocycles. The summed E-state index contributed by atoms with van der Waals surface area (Å²) in [6.45, 7) is 5.11. The van der Waals surface area contributed by atoms with Gasteiger partial charge in [0.1, 0.15) is 0 Å². The first kappa shape index (κ1) is 13.3. The number of hydrogen-bond donors (Lipinski definition) is 1. The van der Waals surface area contributed by atoms with Crippen LogP contribution in [0.4, 0.5) is 0 Å². The normalized spacial score (nSPS) is 28.8. The lowest BCUT2D eigenvalue weighted by molar-refractivity contribution is 0.0888. The highest BCUT2D eigenvalue weighted by Gasteiger charge is 2.25. The van der Waals surface area contributed by atoms with Crippen molar-refractivity contribution in [3.8, 4) is 0 Å². The van der Waals surface area contributed by atoms with E-state index in [1.54, 1.807) is 0 Å². The Balaban J connectivity index is 1.66. The molecule has 0 radical (unpaired) electrons. The van der Waals surface area contributed by atoms with Crippen LogP contribution in [0.1, 0.15) is 38.5 Å². The lowest BCUT2D eigenvalue weighted by Crippen LogP contribution is -2.51. The third-order valence-electron chi connectivity index (χ3n) is 4.36. The van der Waals surface area contributed by atoms with Crippen molar-refractivity contribution in [1.29, 1.82) is 0 Å². The molecule has 3 nitrogen and oxygen atoms in total. The van der Waals surface area contributed by atoms with Crippen molar-refractivity contribution in [2.45, 2.75) is 44.7 Å². The summed E-state index contributed by atoms with van der Waals surface area (Å²) in [6, 6.07) is 0. The van der Waals surface area contributed by atoms with Crippen LogP contribution in [0.3, 0.4) is 0 Å². The van der Waals surface area contributed by atoms with Gasteiger partial charge in [0.05, 0.1) is 6.17 Å².